The Kier molecular flexibility index (Phi) is 2.08. The highest BCUT2D eigenvalue weighted by Gasteiger charge is 2.33. The van der Waals surface area contributed by atoms with Crippen molar-refractivity contribution in [1.29, 1.82) is 0 Å². The third kappa shape index (κ3) is 1.45. The maximum absolute atomic E-state index is 11.1. The average Bonchev–Trinajstić information content (AvgIpc) is 2.89. The zero-order valence-electron chi connectivity index (χ0n) is 8.98. The first-order chi connectivity index (χ1) is 8.27. The molecule has 3 rings (SSSR count). The molecule has 0 amide bonds. The molecule has 0 aliphatic carbocycles. The van der Waals surface area contributed by atoms with Crippen LogP contribution in [0.15, 0.2) is 54.4 Å². The van der Waals surface area contributed by atoms with Crippen molar-refractivity contribution in [3.63, 3.8) is 0 Å². The van der Waals surface area contributed by atoms with Gasteiger partial charge in [0.1, 0.15) is 6.04 Å². The molecule has 2 aromatic rings. The van der Waals surface area contributed by atoms with Gasteiger partial charge in [0.05, 0.1) is 4.92 Å². The van der Waals surface area contributed by atoms with Crippen molar-refractivity contribution < 1.29 is 4.92 Å². The Labute approximate surface area is 98.0 Å². The van der Waals surface area contributed by atoms with Gasteiger partial charge in [-0.05, 0) is 17.7 Å². The van der Waals surface area contributed by atoms with Crippen LogP contribution in [0.5, 0.6) is 0 Å². The molecule has 1 aliphatic rings. The maximum Gasteiger partial charge on any atom is 0.275 e. The number of allylic oxidation sites excluding steroid dienone is 1. The molecule has 84 valence electrons. The molecule has 0 spiro atoms. The molecule has 0 radical (unpaired) electrons. The number of aromatic nitrogens is 1. The molecule has 17 heavy (non-hydrogen) atoms. The van der Waals surface area contributed by atoms with Crippen LogP contribution in [0, 0.1) is 10.1 Å². The fourth-order valence-electron chi connectivity index (χ4n) is 2.26. The highest BCUT2D eigenvalue weighted by atomic mass is 16.6. The molecular weight excluding hydrogens is 216 g/mol. The summed E-state index contributed by atoms with van der Waals surface area (Å²) in [7, 11) is 0. The van der Waals surface area contributed by atoms with E-state index in [0.717, 1.165) is 11.3 Å². The van der Waals surface area contributed by atoms with E-state index in [0.29, 0.717) is 0 Å². The predicted molar refractivity (Wildman–Crippen MR) is 64.0 cm³/mol. The summed E-state index contributed by atoms with van der Waals surface area (Å²) in [6.07, 6.45) is 3.51. The topological polar surface area (TPSA) is 48.1 Å². The molecule has 1 aliphatic heterocycles. The van der Waals surface area contributed by atoms with Crippen molar-refractivity contribution in [2.45, 2.75) is 6.04 Å². The van der Waals surface area contributed by atoms with Gasteiger partial charge in [-0.1, -0.05) is 30.3 Å². The lowest BCUT2D eigenvalue weighted by Gasteiger charge is -2.13. The summed E-state index contributed by atoms with van der Waals surface area (Å²) in [6, 6.07) is 13.0. The second-order valence-electron chi connectivity index (χ2n) is 3.98. The minimum Gasteiger partial charge on any atom is -0.330 e. The van der Waals surface area contributed by atoms with Gasteiger partial charge in [0.2, 0.25) is 0 Å². The minimum absolute atomic E-state index is 0.229. The van der Waals surface area contributed by atoms with Gasteiger partial charge in [-0.15, -0.1) is 0 Å². The van der Waals surface area contributed by atoms with E-state index in [2.05, 4.69) is 0 Å². The van der Waals surface area contributed by atoms with Crippen molar-refractivity contribution in [3.05, 3.63) is 75.7 Å². The summed E-state index contributed by atoms with van der Waals surface area (Å²) in [5.74, 6) is 0. The first-order valence-electron chi connectivity index (χ1n) is 5.35. The molecule has 1 unspecified atom stereocenters. The average molecular weight is 226 g/mol. The van der Waals surface area contributed by atoms with Gasteiger partial charge in [0, 0.05) is 18.0 Å². The van der Waals surface area contributed by atoms with E-state index >= 15 is 0 Å². The number of benzene rings is 1. The van der Waals surface area contributed by atoms with Crippen LogP contribution >= 0.6 is 0 Å². The number of fused-ring (bicyclic) bond motifs is 1. The molecule has 1 aromatic carbocycles. The highest BCUT2D eigenvalue weighted by Crippen LogP contribution is 2.35. The van der Waals surface area contributed by atoms with Crippen molar-refractivity contribution in [3.8, 4) is 0 Å². The molecule has 0 saturated carbocycles. The Hall–Kier alpha value is -2.36. The van der Waals surface area contributed by atoms with Gasteiger partial charge in [-0.2, -0.15) is 0 Å². The van der Waals surface area contributed by atoms with E-state index in [1.165, 1.54) is 0 Å². The van der Waals surface area contributed by atoms with Crippen molar-refractivity contribution in [2.24, 2.45) is 0 Å². The van der Waals surface area contributed by atoms with E-state index in [1.54, 1.807) is 6.08 Å². The predicted octanol–water partition coefficient (Wildman–Crippen LogP) is 2.71. The zero-order valence-corrected chi connectivity index (χ0v) is 8.98. The number of hydrogen-bond acceptors (Lipinski definition) is 2. The number of rotatable bonds is 2. The quantitative estimate of drug-likeness (QED) is 0.584. The first kappa shape index (κ1) is 9.84. The molecule has 1 atom stereocenters. The van der Waals surface area contributed by atoms with E-state index in [1.807, 2.05) is 53.2 Å². The van der Waals surface area contributed by atoms with Gasteiger partial charge >= 0.3 is 0 Å². The summed E-state index contributed by atoms with van der Waals surface area (Å²) in [6.45, 7) is 0. The Morgan fingerprint density at radius 2 is 1.88 bits per heavy atom. The van der Waals surface area contributed by atoms with Crippen LogP contribution in [0.4, 0.5) is 0 Å². The Morgan fingerprint density at radius 3 is 2.59 bits per heavy atom. The molecule has 4 nitrogen and oxygen atoms in total. The SMILES string of the molecule is O=[N+]([O-])C1=Cc2cccn2C1c1ccccc1. The van der Waals surface area contributed by atoms with Gasteiger partial charge in [-0.3, -0.25) is 10.1 Å². The first-order valence-corrected chi connectivity index (χ1v) is 5.35. The zero-order chi connectivity index (χ0) is 11.8. The van der Waals surface area contributed by atoms with Crippen molar-refractivity contribution in [1.82, 2.24) is 4.57 Å². The summed E-state index contributed by atoms with van der Waals surface area (Å²) in [5.41, 5.74) is 2.04. The lowest BCUT2D eigenvalue weighted by atomic mass is 10.1. The number of nitro groups is 1. The maximum atomic E-state index is 11.1. The van der Waals surface area contributed by atoms with E-state index in [-0.39, 0.29) is 16.7 Å². The Bertz CT molecular complexity index is 599. The fraction of sp³-hybridized carbons (Fsp3) is 0.0769. The number of nitrogens with zero attached hydrogens (tertiary/aromatic N) is 2. The molecule has 0 bridgehead atoms. The molecule has 4 heteroatoms. The number of hydrogen-bond donors (Lipinski definition) is 0. The van der Waals surface area contributed by atoms with Crippen LogP contribution in [0.25, 0.3) is 6.08 Å². The smallest absolute Gasteiger partial charge is 0.275 e. The summed E-state index contributed by atoms with van der Waals surface area (Å²) in [5, 5.41) is 11.1. The molecule has 1 aromatic heterocycles. The van der Waals surface area contributed by atoms with Gasteiger partial charge in [-0.25, -0.2) is 0 Å². The normalized spacial score (nSPS) is 17.6. The standard InChI is InChI=1S/C13H10N2O2/c16-15(17)12-9-11-7-4-8-14(11)13(12)10-5-2-1-3-6-10/h1-9,13H. The highest BCUT2D eigenvalue weighted by molar-refractivity contribution is 5.56. The van der Waals surface area contributed by atoms with Gasteiger partial charge in [0.15, 0.2) is 0 Å². The van der Waals surface area contributed by atoms with Crippen molar-refractivity contribution in [2.75, 3.05) is 0 Å². The summed E-state index contributed by atoms with van der Waals surface area (Å²) < 4.78 is 1.92. The van der Waals surface area contributed by atoms with E-state index < -0.39 is 0 Å². The third-order valence-electron chi connectivity index (χ3n) is 2.99. The van der Waals surface area contributed by atoms with Crippen LogP contribution in [0.3, 0.4) is 0 Å². The lowest BCUT2D eigenvalue weighted by Crippen LogP contribution is -2.13. The second kappa shape index (κ2) is 3.59. The summed E-state index contributed by atoms with van der Waals surface area (Å²) in [4.78, 5) is 10.8. The largest absolute Gasteiger partial charge is 0.330 e. The van der Waals surface area contributed by atoms with Gasteiger partial charge in [0.25, 0.3) is 5.70 Å². The minimum atomic E-state index is -0.309. The third-order valence-corrected chi connectivity index (χ3v) is 2.99. The molecule has 0 fully saturated rings. The lowest BCUT2D eigenvalue weighted by molar-refractivity contribution is -0.428. The van der Waals surface area contributed by atoms with Crippen LogP contribution in [-0.2, 0) is 0 Å². The van der Waals surface area contributed by atoms with E-state index in [9.17, 15) is 10.1 Å². The van der Waals surface area contributed by atoms with Crippen LogP contribution in [-0.4, -0.2) is 9.49 Å². The van der Waals surface area contributed by atoms with Crippen LogP contribution in [0.1, 0.15) is 17.3 Å². The molecule has 0 N–H and O–H groups in total. The molecule has 0 saturated heterocycles. The fourth-order valence-corrected chi connectivity index (χ4v) is 2.26. The monoisotopic (exact) mass is 226 g/mol. The molecular formula is C13H10N2O2. The van der Waals surface area contributed by atoms with Gasteiger partial charge < -0.3 is 4.57 Å². The van der Waals surface area contributed by atoms with Crippen LogP contribution < -0.4 is 0 Å². The summed E-state index contributed by atoms with van der Waals surface area (Å²) >= 11 is 0. The van der Waals surface area contributed by atoms with Crippen LogP contribution in [0.2, 0.25) is 0 Å². The second-order valence-corrected chi connectivity index (χ2v) is 3.98. The van der Waals surface area contributed by atoms with E-state index in [4.69, 9.17) is 0 Å². The molecule has 2 heterocycles. The van der Waals surface area contributed by atoms with Crippen molar-refractivity contribution >= 4 is 6.08 Å². The Morgan fingerprint density at radius 1 is 1.12 bits per heavy atom. The Balaban J connectivity index is 2.15.